The Morgan fingerprint density at radius 1 is 1.04 bits per heavy atom. The minimum absolute atomic E-state index is 0.252. The number of aromatic nitrogens is 2. The molecule has 0 bridgehead atoms. The van der Waals surface area contributed by atoms with Crippen LogP contribution in [0, 0.1) is 26.6 Å². The van der Waals surface area contributed by atoms with E-state index in [-0.39, 0.29) is 11.7 Å². The molecule has 0 aliphatic carbocycles. The second kappa shape index (κ2) is 8.61. The number of nitrogens with zero attached hydrogens (tertiary/aromatic N) is 2. The highest BCUT2D eigenvalue weighted by atomic mass is 19.1. The van der Waals surface area contributed by atoms with E-state index in [2.05, 4.69) is 20.6 Å². The molecule has 1 amide bonds. The number of benzene rings is 2. The first-order valence-electron chi connectivity index (χ1n) is 9.14. The zero-order valence-electron chi connectivity index (χ0n) is 16.2. The van der Waals surface area contributed by atoms with Crippen molar-refractivity contribution in [3.05, 3.63) is 82.4 Å². The monoisotopic (exact) mass is 378 g/mol. The summed E-state index contributed by atoms with van der Waals surface area (Å²) in [5, 5.41) is 6.05. The summed E-state index contributed by atoms with van der Waals surface area (Å²) in [6.45, 7) is 6.37. The summed E-state index contributed by atoms with van der Waals surface area (Å²) >= 11 is 0. The molecule has 0 saturated carbocycles. The molecule has 28 heavy (non-hydrogen) atoms. The van der Waals surface area contributed by atoms with Gasteiger partial charge in [-0.2, -0.15) is 0 Å². The Bertz CT molecular complexity index is 986. The first kappa shape index (κ1) is 19.5. The minimum atomic E-state index is -0.277. The quantitative estimate of drug-likeness (QED) is 0.665. The van der Waals surface area contributed by atoms with E-state index in [1.54, 1.807) is 18.2 Å². The fraction of sp³-hybridized carbons (Fsp3) is 0.227. The number of anilines is 2. The lowest BCUT2D eigenvalue weighted by Gasteiger charge is -2.11. The first-order valence-corrected chi connectivity index (χ1v) is 9.14. The molecule has 2 aromatic carbocycles. The maximum atomic E-state index is 13.0. The molecule has 5 nitrogen and oxygen atoms in total. The third-order valence-electron chi connectivity index (χ3n) is 4.55. The van der Waals surface area contributed by atoms with Crippen LogP contribution in [0.4, 0.5) is 16.0 Å². The Kier molecular flexibility index (Phi) is 5.99. The normalized spacial score (nSPS) is 10.6. The van der Waals surface area contributed by atoms with Gasteiger partial charge in [-0.3, -0.25) is 4.79 Å². The number of nitrogens with one attached hydrogen (secondary N) is 2. The summed E-state index contributed by atoms with van der Waals surface area (Å²) in [4.78, 5) is 21.3. The van der Waals surface area contributed by atoms with Crippen LogP contribution in [0.2, 0.25) is 0 Å². The number of halogens is 1. The first-order chi connectivity index (χ1) is 13.4. The van der Waals surface area contributed by atoms with Crippen LogP contribution in [-0.2, 0) is 6.42 Å². The summed E-state index contributed by atoms with van der Waals surface area (Å²) in [5.41, 5.74) is 4.92. The summed E-state index contributed by atoms with van der Waals surface area (Å²) < 4.78 is 13.0. The minimum Gasteiger partial charge on any atom is -0.354 e. The van der Waals surface area contributed by atoms with Gasteiger partial charge in [0.1, 0.15) is 11.5 Å². The van der Waals surface area contributed by atoms with E-state index in [1.807, 2.05) is 39.0 Å². The smallest absolute Gasteiger partial charge is 0.274 e. The van der Waals surface area contributed by atoms with Gasteiger partial charge in [0.05, 0.1) is 0 Å². The van der Waals surface area contributed by atoms with Gasteiger partial charge in [0.15, 0.2) is 0 Å². The summed E-state index contributed by atoms with van der Waals surface area (Å²) in [6.07, 6.45) is 0.696. The van der Waals surface area contributed by atoms with Crippen molar-refractivity contribution in [1.82, 2.24) is 9.97 Å². The van der Waals surface area contributed by atoms with Crippen molar-refractivity contribution in [1.29, 1.82) is 0 Å². The fourth-order valence-corrected chi connectivity index (χ4v) is 2.81. The number of amides is 1. The van der Waals surface area contributed by atoms with Gasteiger partial charge in [-0.1, -0.05) is 24.3 Å². The Morgan fingerprint density at radius 2 is 1.79 bits per heavy atom. The predicted molar refractivity (Wildman–Crippen MR) is 109 cm³/mol. The van der Waals surface area contributed by atoms with Gasteiger partial charge in [-0.15, -0.1) is 0 Å². The van der Waals surface area contributed by atoms with Crippen molar-refractivity contribution in [2.24, 2.45) is 0 Å². The predicted octanol–water partition coefficient (Wildman–Crippen LogP) is 4.45. The highest BCUT2D eigenvalue weighted by molar-refractivity contribution is 6.03. The number of hydrogen-bond acceptors (Lipinski definition) is 4. The number of carbonyl (C=O) groups is 1. The third-order valence-corrected chi connectivity index (χ3v) is 4.55. The number of hydrogen-bond donors (Lipinski definition) is 2. The lowest BCUT2D eigenvalue weighted by Crippen LogP contribution is -2.17. The van der Waals surface area contributed by atoms with Crippen LogP contribution in [0.25, 0.3) is 0 Å². The number of aryl methyl sites for hydroxylation is 2. The second-order valence-corrected chi connectivity index (χ2v) is 6.72. The Morgan fingerprint density at radius 3 is 2.54 bits per heavy atom. The molecule has 1 aromatic heterocycles. The molecule has 1 heterocycles. The molecule has 0 fully saturated rings. The van der Waals surface area contributed by atoms with E-state index >= 15 is 0 Å². The fourth-order valence-electron chi connectivity index (χ4n) is 2.81. The molecule has 2 N–H and O–H groups in total. The zero-order valence-corrected chi connectivity index (χ0v) is 16.2. The molecule has 0 aliphatic heterocycles. The summed E-state index contributed by atoms with van der Waals surface area (Å²) in [7, 11) is 0. The van der Waals surface area contributed by atoms with Crippen molar-refractivity contribution < 1.29 is 9.18 Å². The van der Waals surface area contributed by atoms with Crippen molar-refractivity contribution >= 4 is 17.5 Å². The maximum Gasteiger partial charge on any atom is 0.274 e. The molecular formula is C22H23FN4O. The molecule has 144 valence electrons. The van der Waals surface area contributed by atoms with Gasteiger partial charge < -0.3 is 10.6 Å². The van der Waals surface area contributed by atoms with E-state index in [4.69, 9.17) is 0 Å². The highest BCUT2D eigenvalue weighted by Crippen LogP contribution is 2.19. The average Bonchev–Trinajstić information content (AvgIpc) is 2.66. The standard InChI is InChI=1S/C22H23FN4O/c1-14-5-4-6-19(16(14)3)26-21(28)20-13-15(2)25-22(27-20)24-12-11-17-7-9-18(23)10-8-17/h4-10,13H,11-12H2,1-3H3,(H,26,28)(H,24,25,27). The maximum absolute atomic E-state index is 13.0. The summed E-state index contributed by atoms with van der Waals surface area (Å²) in [6, 6.07) is 13.8. The van der Waals surface area contributed by atoms with Gasteiger partial charge in [-0.05, 0) is 68.1 Å². The van der Waals surface area contributed by atoms with Crippen molar-refractivity contribution in [3.63, 3.8) is 0 Å². The lowest BCUT2D eigenvalue weighted by atomic mass is 10.1. The van der Waals surface area contributed by atoms with Crippen LogP contribution in [0.5, 0.6) is 0 Å². The zero-order chi connectivity index (χ0) is 20.1. The largest absolute Gasteiger partial charge is 0.354 e. The molecule has 3 aromatic rings. The third kappa shape index (κ3) is 4.91. The van der Waals surface area contributed by atoms with E-state index < -0.39 is 0 Å². The molecule has 3 rings (SSSR count). The number of rotatable bonds is 6. The SMILES string of the molecule is Cc1cc(C(=O)Nc2cccc(C)c2C)nc(NCCc2ccc(F)cc2)n1. The van der Waals surface area contributed by atoms with Crippen LogP contribution >= 0.6 is 0 Å². The van der Waals surface area contributed by atoms with Crippen molar-refractivity contribution in [2.45, 2.75) is 27.2 Å². The van der Waals surface area contributed by atoms with E-state index in [1.165, 1.54) is 12.1 Å². The van der Waals surface area contributed by atoms with Crippen LogP contribution in [0.1, 0.15) is 32.9 Å². The molecular weight excluding hydrogens is 355 g/mol. The van der Waals surface area contributed by atoms with Crippen molar-refractivity contribution in [2.75, 3.05) is 17.2 Å². The molecule has 0 aliphatic rings. The summed E-state index contributed by atoms with van der Waals surface area (Å²) in [5.74, 6) is -0.132. The lowest BCUT2D eigenvalue weighted by molar-refractivity contribution is 0.102. The van der Waals surface area contributed by atoms with Gasteiger partial charge >= 0.3 is 0 Å². The molecule has 0 radical (unpaired) electrons. The van der Waals surface area contributed by atoms with Gasteiger partial charge in [-0.25, -0.2) is 14.4 Å². The Hall–Kier alpha value is -3.28. The highest BCUT2D eigenvalue weighted by Gasteiger charge is 2.12. The second-order valence-electron chi connectivity index (χ2n) is 6.72. The molecule has 0 spiro atoms. The molecule has 0 unspecified atom stereocenters. The topological polar surface area (TPSA) is 66.9 Å². The van der Waals surface area contributed by atoms with E-state index in [9.17, 15) is 9.18 Å². The van der Waals surface area contributed by atoms with Crippen molar-refractivity contribution in [3.8, 4) is 0 Å². The average molecular weight is 378 g/mol. The Labute approximate surface area is 164 Å². The van der Waals surface area contributed by atoms with E-state index in [0.717, 1.165) is 22.4 Å². The van der Waals surface area contributed by atoms with Crippen LogP contribution in [0.3, 0.4) is 0 Å². The van der Waals surface area contributed by atoms with Gasteiger partial charge in [0, 0.05) is 17.9 Å². The molecule has 0 atom stereocenters. The van der Waals surface area contributed by atoms with Gasteiger partial charge in [0.25, 0.3) is 5.91 Å². The number of carbonyl (C=O) groups excluding carboxylic acids is 1. The van der Waals surface area contributed by atoms with E-state index in [0.29, 0.717) is 30.3 Å². The van der Waals surface area contributed by atoms with Crippen LogP contribution in [0.15, 0.2) is 48.5 Å². The Balaban J connectivity index is 1.67. The van der Waals surface area contributed by atoms with Crippen LogP contribution in [-0.4, -0.2) is 22.4 Å². The molecule has 6 heteroatoms. The van der Waals surface area contributed by atoms with Gasteiger partial charge in [0.2, 0.25) is 5.95 Å². The van der Waals surface area contributed by atoms with Crippen LogP contribution < -0.4 is 10.6 Å². The molecule has 0 saturated heterocycles.